The number of nitrogens with zero attached hydrogens (tertiary/aromatic N) is 3. The number of halogens is 1. The van der Waals surface area contributed by atoms with Gasteiger partial charge in [0.15, 0.2) is 0 Å². The third-order valence-electron chi connectivity index (χ3n) is 2.70. The molecule has 98 valence electrons. The maximum Gasteiger partial charge on any atom is 0.221 e. The van der Waals surface area contributed by atoms with E-state index >= 15 is 0 Å². The van der Waals surface area contributed by atoms with Gasteiger partial charge in [0.25, 0.3) is 0 Å². The van der Waals surface area contributed by atoms with Gasteiger partial charge in [-0.2, -0.15) is 10.5 Å². The van der Waals surface area contributed by atoms with E-state index in [1.807, 2.05) is 19.9 Å². The molecule has 20 heavy (non-hydrogen) atoms. The quantitative estimate of drug-likeness (QED) is 0.784. The van der Waals surface area contributed by atoms with Gasteiger partial charge in [0.2, 0.25) is 5.88 Å². The molecule has 0 saturated carbocycles. The van der Waals surface area contributed by atoms with Crippen molar-refractivity contribution in [1.82, 2.24) is 4.98 Å². The van der Waals surface area contributed by atoms with Crippen molar-refractivity contribution in [3.05, 3.63) is 51.7 Å². The van der Waals surface area contributed by atoms with Crippen molar-refractivity contribution >= 4 is 11.6 Å². The highest BCUT2D eigenvalue weighted by Gasteiger charge is 2.10. The van der Waals surface area contributed by atoms with Gasteiger partial charge in [0.05, 0.1) is 23.3 Å². The predicted molar refractivity (Wildman–Crippen MR) is 74.7 cm³/mol. The Morgan fingerprint density at radius 2 is 1.55 bits per heavy atom. The molecule has 0 fully saturated rings. The second-order valence-electron chi connectivity index (χ2n) is 4.28. The second kappa shape index (κ2) is 5.61. The Bertz CT molecular complexity index is 734. The number of hydrogen-bond donors (Lipinski definition) is 0. The van der Waals surface area contributed by atoms with E-state index in [1.165, 1.54) is 12.1 Å². The van der Waals surface area contributed by atoms with Crippen molar-refractivity contribution in [2.75, 3.05) is 0 Å². The maximum absolute atomic E-state index is 8.92. The minimum Gasteiger partial charge on any atom is -0.438 e. The van der Waals surface area contributed by atoms with Crippen LogP contribution in [0.4, 0.5) is 0 Å². The fourth-order valence-electron chi connectivity index (χ4n) is 1.87. The van der Waals surface area contributed by atoms with E-state index in [9.17, 15) is 0 Å². The molecule has 0 radical (unpaired) electrons. The predicted octanol–water partition coefficient (Wildman–Crippen LogP) is 3.89. The van der Waals surface area contributed by atoms with Gasteiger partial charge < -0.3 is 4.74 Å². The Hall–Kier alpha value is -2.56. The number of nitriles is 2. The van der Waals surface area contributed by atoms with Crippen LogP contribution in [0.3, 0.4) is 0 Å². The average molecular weight is 284 g/mol. The number of pyridine rings is 1. The van der Waals surface area contributed by atoms with E-state index in [-0.39, 0.29) is 11.0 Å². The molecule has 0 amide bonds. The van der Waals surface area contributed by atoms with E-state index in [2.05, 4.69) is 11.1 Å². The molecule has 0 unspecified atom stereocenters. The third kappa shape index (κ3) is 2.88. The van der Waals surface area contributed by atoms with Gasteiger partial charge in [0, 0.05) is 6.07 Å². The summed E-state index contributed by atoms with van der Waals surface area (Å²) in [6, 6.07) is 10.5. The first-order valence-electron chi connectivity index (χ1n) is 5.80. The lowest BCUT2D eigenvalue weighted by Gasteiger charge is -2.11. The van der Waals surface area contributed by atoms with E-state index < -0.39 is 0 Å². The molecule has 0 spiro atoms. The van der Waals surface area contributed by atoms with Gasteiger partial charge in [-0.05, 0) is 43.2 Å². The summed E-state index contributed by atoms with van der Waals surface area (Å²) in [4.78, 5) is 4.03. The van der Waals surface area contributed by atoms with Crippen LogP contribution in [-0.4, -0.2) is 4.98 Å². The van der Waals surface area contributed by atoms with Crippen molar-refractivity contribution in [3.63, 3.8) is 0 Å². The molecule has 0 aliphatic heterocycles. The second-order valence-corrected chi connectivity index (χ2v) is 4.67. The van der Waals surface area contributed by atoms with Gasteiger partial charge in [-0.1, -0.05) is 11.6 Å². The zero-order chi connectivity index (χ0) is 14.7. The van der Waals surface area contributed by atoms with Crippen LogP contribution in [0.1, 0.15) is 22.3 Å². The molecule has 2 aromatic rings. The van der Waals surface area contributed by atoms with Crippen LogP contribution in [-0.2, 0) is 0 Å². The SMILES string of the molecule is Cc1cc(C#N)cc(C)c1Oc1cc(C#N)cc(Cl)n1. The number of ether oxygens (including phenoxy) is 1. The molecule has 1 heterocycles. The van der Waals surface area contributed by atoms with Crippen molar-refractivity contribution in [1.29, 1.82) is 10.5 Å². The molecule has 0 atom stereocenters. The third-order valence-corrected chi connectivity index (χ3v) is 2.89. The first-order valence-corrected chi connectivity index (χ1v) is 6.18. The Morgan fingerprint density at radius 3 is 2.10 bits per heavy atom. The van der Waals surface area contributed by atoms with Crippen LogP contribution in [0.25, 0.3) is 0 Å². The minimum absolute atomic E-state index is 0.197. The highest BCUT2D eigenvalue weighted by molar-refractivity contribution is 6.29. The fraction of sp³-hybridized carbons (Fsp3) is 0.133. The molecule has 0 bridgehead atoms. The average Bonchev–Trinajstić information content (AvgIpc) is 2.41. The van der Waals surface area contributed by atoms with E-state index in [1.54, 1.807) is 12.1 Å². The molecular weight excluding hydrogens is 274 g/mol. The summed E-state index contributed by atoms with van der Waals surface area (Å²) in [6.45, 7) is 3.69. The summed E-state index contributed by atoms with van der Waals surface area (Å²) in [5.41, 5.74) is 2.59. The molecule has 5 heteroatoms. The van der Waals surface area contributed by atoms with Crippen molar-refractivity contribution in [2.24, 2.45) is 0 Å². The summed E-state index contributed by atoms with van der Waals surface area (Å²) in [7, 11) is 0. The molecule has 2 rings (SSSR count). The molecule has 0 aliphatic carbocycles. The molecule has 1 aromatic carbocycles. The molecule has 1 aromatic heterocycles. The molecule has 0 aliphatic rings. The monoisotopic (exact) mass is 283 g/mol. The first-order chi connectivity index (χ1) is 9.53. The van der Waals surface area contributed by atoms with Crippen LogP contribution in [0.15, 0.2) is 24.3 Å². The van der Waals surface area contributed by atoms with Gasteiger partial charge in [-0.3, -0.25) is 0 Å². The van der Waals surface area contributed by atoms with Crippen molar-refractivity contribution in [3.8, 4) is 23.8 Å². The Balaban J connectivity index is 2.43. The zero-order valence-electron chi connectivity index (χ0n) is 10.9. The summed E-state index contributed by atoms with van der Waals surface area (Å²) >= 11 is 5.84. The first kappa shape index (κ1) is 13.9. The van der Waals surface area contributed by atoms with E-state index in [4.69, 9.17) is 26.9 Å². The molecule has 0 N–H and O–H groups in total. The Kier molecular flexibility index (Phi) is 3.89. The van der Waals surface area contributed by atoms with Gasteiger partial charge in [0.1, 0.15) is 10.9 Å². The Morgan fingerprint density at radius 1 is 1.00 bits per heavy atom. The lowest BCUT2D eigenvalue weighted by Crippen LogP contribution is -1.95. The number of rotatable bonds is 2. The van der Waals surface area contributed by atoms with Crippen LogP contribution >= 0.6 is 11.6 Å². The highest BCUT2D eigenvalue weighted by atomic mass is 35.5. The minimum atomic E-state index is 0.197. The topological polar surface area (TPSA) is 69.7 Å². The van der Waals surface area contributed by atoms with Crippen molar-refractivity contribution in [2.45, 2.75) is 13.8 Å². The number of benzene rings is 1. The van der Waals surface area contributed by atoms with Gasteiger partial charge in [-0.15, -0.1) is 0 Å². The van der Waals surface area contributed by atoms with Crippen molar-refractivity contribution < 1.29 is 4.74 Å². The summed E-state index contributed by atoms with van der Waals surface area (Å²) < 4.78 is 5.71. The normalized spacial score (nSPS) is 9.65. The largest absolute Gasteiger partial charge is 0.438 e. The van der Waals surface area contributed by atoms with Crippen LogP contribution < -0.4 is 4.74 Å². The fourth-order valence-corrected chi connectivity index (χ4v) is 2.07. The Labute approximate surface area is 121 Å². The molecule has 0 saturated heterocycles. The van der Waals surface area contributed by atoms with E-state index in [0.717, 1.165) is 11.1 Å². The molecular formula is C15H10ClN3O. The van der Waals surface area contributed by atoms with Crippen LogP contribution in [0.2, 0.25) is 5.15 Å². The smallest absolute Gasteiger partial charge is 0.221 e. The van der Waals surface area contributed by atoms with Gasteiger partial charge >= 0.3 is 0 Å². The van der Waals surface area contributed by atoms with Crippen LogP contribution in [0, 0.1) is 36.5 Å². The maximum atomic E-state index is 8.92. The molecule has 4 nitrogen and oxygen atoms in total. The summed E-state index contributed by atoms with van der Waals surface area (Å²) in [5, 5.41) is 18.0. The number of hydrogen-bond acceptors (Lipinski definition) is 4. The number of aryl methyl sites for hydroxylation is 2. The summed E-state index contributed by atoms with van der Waals surface area (Å²) in [5.74, 6) is 0.868. The zero-order valence-corrected chi connectivity index (χ0v) is 11.7. The van der Waals surface area contributed by atoms with Crippen LogP contribution in [0.5, 0.6) is 11.6 Å². The van der Waals surface area contributed by atoms with E-state index in [0.29, 0.717) is 16.9 Å². The standard InChI is InChI=1S/C15H10ClN3O/c1-9-3-11(7-17)4-10(2)15(9)20-14-6-12(8-18)5-13(16)19-14/h3-6H,1-2H3. The van der Waals surface area contributed by atoms with Gasteiger partial charge in [-0.25, -0.2) is 4.98 Å². The lowest BCUT2D eigenvalue weighted by atomic mass is 10.1. The lowest BCUT2D eigenvalue weighted by molar-refractivity contribution is 0.456. The number of aromatic nitrogens is 1. The summed E-state index contributed by atoms with van der Waals surface area (Å²) in [6.07, 6.45) is 0. The highest BCUT2D eigenvalue weighted by Crippen LogP contribution is 2.29.